The molecular weight excluding hydrogens is 456 g/mol. The number of ketones is 1. The zero-order chi connectivity index (χ0) is 25.3. The fourth-order valence-corrected chi connectivity index (χ4v) is 3.91. The van der Waals surface area contributed by atoms with Crippen LogP contribution in [0, 0.1) is 6.92 Å². The van der Waals surface area contributed by atoms with Gasteiger partial charge in [-0.1, -0.05) is 17.3 Å². The van der Waals surface area contributed by atoms with Gasteiger partial charge in [-0.2, -0.15) is 0 Å². The van der Waals surface area contributed by atoms with E-state index in [2.05, 4.69) is 5.16 Å². The number of ether oxygens (including phenoxy) is 3. The smallest absolute Gasteiger partial charge is 0.337 e. The maximum absolute atomic E-state index is 13.2. The number of aromatic nitrogens is 1. The van der Waals surface area contributed by atoms with Gasteiger partial charge in [0.2, 0.25) is 0 Å². The van der Waals surface area contributed by atoms with Crippen molar-refractivity contribution in [3.63, 3.8) is 0 Å². The van der Waals surface area contributed by atoms with Crippen LogP contribution in [-0.4, -0.2) is 49.3 Å². The summed E-state index contributed by atoms with van der Waals surface area (Å²) in [6.07, 6.45) is 0. The Hall–Kier alpha value is -4.60. The van der Waals surface area contributed by atoms with Gasteiger partial charge in [0, 0.05) is 11.6 Å². The maximum Gasteiger partial charge on any atom is 0.337 e. The molecule has 3 aromatic rings. The molecule has 1 atom stereocenters. The number of amides is 1. The number of nitrogens with zero attached hydrogens (tertiary/aromatic N) is 2. The number of Topliss-reactive ketones (excluding diaryl/α,β-unsaturated/α-hetero) is 1. The van der Waals surface area contributed by atoms with Gasteiger partial charge in [0.25, 0.3) is 5.78 Å². The molecule has 1 aliphatic rings. The van der Waals surface area contributed by atoms with E-state index in [1.54, 1.807) is 31.2 Å². The molecule has 1 amide bonds. The monoisotopic (exact) mass is 478 g/mol. The first-order valence-corrected chi connectivity index (χ1v) is 10.5. The summed E-state index contributed by atoms with van der Waals surface area (Å²) >= 11 is 0. The predicted octanol–water partition coefficient (Wildman–Crippen LogP) is 3.41. The number of esters is 1. The van der Waals surface area contributed by atoms with Gasteiger partial charge in [-0.05, 0) is 42.8 Å². The number of rotatable bonds is 6. The van der Waals surface area contributed by atoms with Gasteiger partial charge in [0.15, 0.2) is 17.3 Å². The van der Waals surface area contributed by atoms with E-state index in [4.69, 9.17) is 18.7 Å². The third kappa shape index (κ3) is 4.10. The van der Waals surface area contributed by atoms with Gasteiger partial charge in [0.1, 0.15) is 11.5 Å². The molecule has 0 aliphatic carbocycles. The molecule has 1 aromatic heterocycles. The first-order valence-electron chi connectivity index (χ1n) is 10.5. The molecule has 180 valence electrons. The van der Waals surface area contributed by atoms with Crippen LogP contribution in [0.15, 0.2) is 58.6 Å². The van der Waals surface area contributed by atoms with Crippen LogP contribution in [0.2, 0.25) is 0 Å². The number of hydrogen-bond acceptors (Lipinski definition) is 9. The van der Waals surface area contributed by atoms with Crippen LogP contribution in [0.5, 0.6) is 11.5 Å². The molecule has 10 nitrogen and oxygen atoms in total. The Balaban J connectivity index is 1.91. The third-order valence-electron chi connectivity index (χ3n) is 5.61. The molecule has 35 heavy (non-hydrogen) atoms. The third-order valence-corrected chi connectivity index (χ3v) is 5.61. The predicted molar refractivity (Wildman–Crippen MR) is 123 cm³/mol. The number of aliphatic hydroxyl groups is 1. The van der Waals surface area contributed by atoms with Gasteiger partial charge in [-0.3, -0.25) is 14.5 Å². The van der Waals surface area contributed by atoms with Crippen molar-refractivity contribution in [2.24, 2.45) is 0 Å². The molecule has 1 aliphatic heterocycles. The van der Waals surface area contributed by atoms with E-state index in [1.807, 2.05) is 0 Å². The lowest BCUT2D eigenvalue weighted by atomic mass is 9.94. The van der Waals surface area contributed by atoms with Crippen LogP contribution in [0.3, 0.4) is 0 Å². The first kappa shape index (κ1) is 23.6. The molecule has 1 fully saturated rings. The highest BCUT2D eigenvalue weighted by molar-refractivity contribution is 6.51. The number of anilines is 1. The number of carbonyl (C=O) groups is 3. The fraction of sp³-hybridized carbons (Fsp3) is 0.200. The summed E-state index contributed by atoms with van der Waals surface area (Å²) in [4.78, 5) is 39.3. The molecule has 1 saturated heterocycles. The number of hydrogen-bond donors (Lipinski definition) is 1. The van der Waals surface area contributed by atoms with Gasteiger partial charge in [-0.15, -0.1) is 0 Å². The van der Waals surface area contributed by atoms with Crippen molar-refractivity contribution in [3.8, 4) is 11.5 Å². The maximum atomic E-state index is 13.2. The second-order valence-corrected chi connectivity index (χ2v) is 7.65. The molecule has 1 unspecified atom stereocenters. The summed E-state index contributed by atoms with van der Waals surface area (Å²) in [5.41, 5.74) is 0.826. The largest absolute Gasteiger partial charge is 0.507 e. The van der Waals surface area contributed by atoms with Gasteiger partial charge in [-0.25, -0.2) is 4.79 Å². The molecule has 10 heteroatoms. The van der Waals surface area contributed by atoms with Crippen molar-refractivity contribution < 1.29 is 38.2 Å². The Morgan fingerprint density at radius 1 is 0.971 bits per heavy atom. The van der Waals surface area contributed by atoms with Crippen LogP contribution in [-0.2, 0) is 14.3 Å². The number of aryl methyl sites for hydroxylation is 1. The van der Waals surface area contributed by atoms with Gasteiger partial charge in [0.05, 0.1) is 38.5 Å². The molecule has 0 bridgehead atoms. The topological polar surface area (TPSA) is 128 Å². The average Bonchev–Trinajstić information content (AvgIpc) is 3.42. The number of benzene rings is 2. The van der Waals surface area contributed by atoms with Crippen LogP contribution in [0.1, 0.15) is 33.3 Å². The molecular formula is C25H22N2O8. The second-order valence-electron chi connectivity index (χ2n) is 7.65. The number of carbonyl (C=O) groups excluding carboxylic acids is 3. The summed E-state index contributed by atoms with van der Waals surface area (Å²) in [5.74, 6) is -1.44. The first-order chi connectivity index (χ1) is 16.8. The van der Waals surface area contributed by atoms with Gasteiger partial charge < -0.3 is 23.8 Å². The summed E-state index contributed by atoms with van der Waals surface area (Å²) < 4.78 is 20.4. The zero-order valence-corrected chi connectivity index (χ0v) is 19.4. The van der Waals surface area contributed by atoms with Crippen LogP contribution < -0.4 is 14.4 Å². The van der Waals surface area contributed by atoms with E-state index < -0.39 is 29.5 Å². The highest BCUT2D eigenvalue weighted by Crippen LogP contribution is 2.42. The summed E-state index contributed by atoms with van der Waals surface area (Å²) in [6, 6.07) is 11.2. The lowest BCUT2D eigenvalue weighted by Crippen LogP contribution is -2.29. The van der Waals surface area contributed by atoms with Crippen molar-refractivity contribution in [1.82, 2.24) is 5.16 Å². The van der Waals surface area contributed by atoms with E-state index in [9.17, 15) is 19.5 Å². The highest BCUT2D eigenvalue weighted by Gasteiger charge is 2.48. The Bertz CT molecular complexity index is 1340. The molecule has 2 aromatic carbocycles. The molecule has 0 spiro atoms. The van der Waals surface area contributed by atoms with Crippen LogP contribution in [0.4, 0.5) is 5.82 Å². The van der Waals surface area contributed by atoms with Crippen LogP contribution in [0.25, 0.3) is 5.76 Å². The van der Waals surface area contributed by atoms with Crippen molar-refractivity contribution in [2.75, 3.05) is 26.2 Å². The van der Waals surface area contributed by atoms with Crippen molar-refractivity contribution >= 4 is 29.2 Å². The van der Waals surface area contributed by atoms with Crippen LogP contribution >= 0.6 is 0 Å². The van der Waals surface area contributed by atoms with Gasteiger partial charge >= 0.3 is 11.9 Å². The molecule has 0 radical (unpaired) electrons. The average molecular weight is 478 g/mol. The molecule has 1 N–H and O–H groups in total. The Labute approximate surface area is 200 Å². The van der Waals surface area contributed by atoms with Crippen molar-refractivity contribution in [2.45, 2.75) is 13.0 Å². The standard InChI is InChI=1S/C25H22N2O8/c1-13-11-19(26-35-13)27-21(14-5-7-15(8-6-14)25(31)34-4)20(23(29)24(27)30)22(28)16-9-10-17(32-2)18(12-16)33-3/h5-12,21,28H,1-4H3. The van der Waals surface area contributed by atoms with E-state index in [0.717, 1.165) is 4.90 Å². The van der Waals surface area contributed by atoms with E-state index in [-0.39, 0.29) is 22.5 Å². The fourth-order valence-electron chi connectivity index (χ4n) is 3.91. The lowest BCUT2D eigenvalue weighted by molar-refractivity contribution is -0.132. The van der Waals surface area contributed by atoms with E-state index in [0.29, 0.717) is 22.8 Å². The summed E-state index contributed by atoms with van der Waals surface area (Å²) in [5, 5.41) is 15.1. The minimum Gasteiger partial charge on any atom is -0.507 e. The minimum atomic E-state index is -1.04. The van der Waals surface area contributed by atoms with Crippen molar-refractivity contribution in [3.05, 3.63) is 76.6 Å². The number of aliphatic hydroxyl groups excluding tert-OH is 1. The zero-order valence-electron chi connectivity index (χ0n) is 19.4. The van der Waals surface area contributed by atoms with E-state index in [1.165, 1.54) is 45.6 Å². The Morgan fingerprint density at radius 2 is 1.63 bits per heavy atom. The summed E-state index contributed by atoms with van der Waals surface area (Å²) in [7, 11) is 4.18. The normalized spacial score (nSPS) is 16.9. The minimum absolute atomic E-state index is 0.109. The summed E-state index contributed by atoms with van der Waals surface area (Å²) in [6.45, 7) is 1.65. The second kappa shape index (κ2) is 9.34. The molecule has 2 heterocycles. The lowest BCUT2D eigenvalue weighted by Gasteiger charge is -2.23. The number of methoxy groups -OCH3 is 3. The Morgan fingerprint density at radius 3 is 2.20 bits per heavy atom. The quantitative estimate of drug-likeness (QED) is 0.245. The highest BCUT2D eigenvalue weighted by atomic mass is 16.5. The van der Waals surface area contributed by atoms with E-state index >= 15 is 0 Å². The Kier molecular flexibility index (Phi) is 6.28. The van der Waals surface area contributed by atoms with Crippen molar-refractivity contribution in [1.29, 1.82) is 0 Å². The molecule has 4 rings (SSSR count). The molecule has 0 saturated carbocycles. The SMILES string of the molecule is COC(=O)c1ccc(C2C(=C(O)c3ccc(OC)c(OC)c3)C(=O)C(=O)N2c2cc(C)on2)cc1.